The van der Waals surface area contributed by atoms with Crippen LogP contribution in [0.1, 0.15) is 31.8 Å². The van der Waals surface area contributed by atoms with Crippen molar-refractivity contribution in [2.24, 2.45) is 0 Å². The van der Waals surface area contributed by atoms with E-state index in [0.29, 0.717) is 5.56 Å². The van der Waals surface area contributed by atoms with Gasteiger partial charge in [-0.05, 0) is 42.0 Å². The Morgan fingerprint density at radius 2 is 1.61 bits per heavy atom. The van der Waals surface area contributed by atoms with Gasteiger partial charge < -0.3 is 10.4 Å². The van der Waals surface area contributed by atoms with Crippen molar-refractivity contribution in [3.05, 3.63) is 70.8 Å². The van der Waals surface area contributed by atoms with Crippen LogP contribution >= 0.6 is 0 Å². The van der Waals surface area contributed by atoms with Gasteiger partial charge in [0.1, 0.15) is 0 Å². The summed E-state index contributed by atoms with van der Waals surface area (Å²) in [6.07, 6.45) is -4.44. The molecule has 2 N–H and O–H groups in total. The summed E-state index contributed by atoms with van der Waals surface area (Å²) >= 11 is 0. The number of nitrogens with one attached hydrogen (secondary N) is 1. The zero-order valence-corrected chi connectivity index (χ0v) is 11.7. The average molecular weight is 323 g/mol. The van der Waals surface area contributed by atoms with Crippen LogP contribution in [0.4, 0.5) is 13.2 Å². The van der Waals surface area contributed by atoms with Gasteiger partial charge in [-0.25, -0.2) is 4.79 Å². The van der Waals surface area contributed by atoms with E-state index in [1.807, 2.05) is 0 Å². The fourth-order valence-corrected chi connectivity index (χ4v) is 1.91. The number of halogens is 3. The van der Waals surface area contributed by atoms with Crippen LogP contribution in [-0.2, 0) is 12.7 Å². The van der Waals surface area contributed by atoms with Crippen molar-refractivity contribution in [1.29, 1.82) is 0 Å². The lowest BCUT2D eigenvalue weighted by molar-refractivity contribution is -0.137. The van der Waals surface area contributed by atoms with E-state index >= 15 is 0 Å². The first-order valence-corrected chi connectivity index (χ1v) is 6.55. The van der Waals surface area contributed by atoms with Crippen LogP contribution < -0.4 is 5.32 Å². The number of benzene rings is 2. The number of hydrogen-bond acceptors (Lipinski definition) is 2. The molecule has 0 fully saturated rings. The summed E-state index contributed by atoms with van der Waals surface area (Å²) in [6, 6.07) is 9.90. The first-order chi connectivity index (χ1) is 10.8. The molecule has 2 rings (SSSR count). The quantitative estimate of drug-likeness (QED) is 0.907. The number of aromatic carboxylic acids is 1. The highest BCUT2D eigenvalue weighted by Crippen LogP contribution is 2.29. The Kier molecular flexibility index (Phi) is 4.68. The number of carboxylic acids is 1. The molecular weight excluding hydrogens is 311 g/mol. The summed E-state index contributed by atoms with van der Waals surface area (Å²) < 4.78 is 37.8. The van der Waals surface area contributed by atoms with E-state index in [4.69, 9.17) is 5.11 Å². The molecule has 120 valence electrons. The molecule has 0 saturated heterocycles. The van der Waals surface area contributed by atoms with Gasteiger partial charge in [0.2, 0.25) is 0 Å². The Morgan fingerprint density at radius 1 is 1.00 bits per heavy atom. The van der Waals surface area contributed by atoms with Crippen LogP contribution in [0.2, 0.25) is 0 Å². The predicted molar refractivity (Wildman–Crippen MR) is 76.0 cm³/mol. The Balaban J connectivity index is 2.03. The normalized spacial score (nSPS) is 11.1. The van der Waals surface area contributed by atoms with E-state index in [9.17, 15) is 22.8 Å². The van der Waals surface area contributed by atoms with Gasteiger partial charge in [-0.15, -0.1) is 0 Å². The van der Waals surface area contributed by atoms with Crippen LogP contribution in [0, 0.1) is 0 Å². The summed E-state index contributed by atoms with van der Waals surface area (Å²) in [5, 5.41) is 11.3. The van der Waals surface area contributed by atoms with E-state index in [1.54, 1.807) is 0 Å². The maximum absolute atomic E-state index is 12.6. The fourth-order valence-electron chi connectivity index (χ4n) is 1.91. The highest BCUT2D eigenvalue weighted by Gasteiger charge is 2.30. The van der Waals surface area contributed by atoms with E-state index in [0.717, 1.165) is 12.1 Å². The first kappa shape index (κ1) is 16.5. The Bertz CT molecular complexity index is 724. The van der Waals surface area contributed by atoms with Crippen molar-refractivity contribution in [2.75, 3.05) is 0 Å². The molecule has 0 spiro atoms. The molecule has 0 atom stereocenters. The summed E-state index contributed by atoms with van der Waals surface area (Å²) in [7, 11) is 0. The standard InChI is InChI=1S/C16H12F3NO3/c17-16(18,19)13-3-1-2-10(8-13)9-20-14(21)11-4-6-12(7-5-11)15(22)23/h1-8H,9H2,(H,20,21)(H,22,23). The summed E-state index contributed by atoms with van der Waals surface area (Å²) in [5.41, 5.74) is -0.202. The van der Waals surface area contributed by atoms with E-state index < -0.39 is 23.6 Å². The Hall–Kier alpha value is -2.83. The van der Waals surface area contributed by atoms with Gasteiger partial charge in [0, 0.05) is 12.1 Å². The monoisotopic (exact) mass is 323 g/mol. The van der Waals surface area contributed by atoms with Gasteiger partial charge in [-0.1, -0.05) is 12.1 Å². The fraction of sp³-hybridized carbons (Fsp3) is 0.125. The highest BCUT2D eigenvalue weighted by atomic mass is 19.4. The van der Waals surface area contributed by atoms with E-state index in [1.165, 1.54) is 36.4 Å². The minimum Gasteiger partial charge on any atom is -0.478 e. The molecule has 0 bridgehead atoms. The summed E-state index contributed by atoms with van der Waals surface area (Å²) in [4.78, 5) is 22.6. The van der Waals surface area contributed by atoms with Crippen molar-refractivity contribution < 1.29 is 27.9 Å². The predicted octanol–water partition coefficient (Wildman–Crippen LogP) is 3.33. The molecule has 0 radical (unpaired) electrons. The maximum atomic E-state index is 12.6. The van der Waals surface area contributed by atoms with Crippen molar-refractivity contribution in [2.45, 2.75) is 12.7 Å². The van der Waals surface area contributed by atoms with Gasteiger partial charge in [0.05, 0.1) is 11.1 Å². The lowest BCUT2D eigenvalue weighted by Crippen LogP contribution is -2.23. The Labute approximate surface area is 129 Å². The highest BCUT2D eigenvalue weighted by molar-refractivity contribution is 5.95. The molecular formula is C16H12F3NO3. The topological polar surface area (TPSA) is 66.4 Å². The molecule has 4 nitrogen and oxygen atoms in total. The van der Waals surface area contributed by atoms with Gasteiger partial charge in [0.15, 0.2) is 0 Å². The van der Waals surface area contributed by atoms with Gasteiger partial charge in [-0.2, -0.15) is 13.2 Å². The van der Waals surface area contributed by atoms with Crippen molar-refractivity contribution in [1.82, 2.24) is 5.32 Å². The minimum absolute atomic E-state index is 0.0411. The molecule has 0 saturated carbocycles. The molecule has 2 aromatic rings. The van der Waals surface area contributed by atoms with Crippen LogP contribution in [0.5, 0.6) is 0 Å². The van der Waals surface area contributed by atoms with Crippen LogP contribution in [0.25, 0.3) is 0 Å². The van der Waals surface area contributed by atoms with Gasteiger partial charge in [-0.3, -0.25) is 4.79 Å². The Morgan fingerprint density at radius 3 is 2.17 bits per heavy atom. The molecule has 23 heavy (non-hydrogen) atoms. The van der Waals surface area contributed by atoms with E-state index in [-0.39, 0.29) is 17.7 Å². The number of carbonyl (C=O) groups is 2. The smallest absolute Gasteiger partial charge is 0.416 e. The second-order valence-corrected chi connectivity index (χ2v) is 4.76. The van der Waals surface area contributed by atoms with Crippen molar-refractivity contribution >= 4 is 11.9 Å². The second kappa shape index (κ2) is 6.51. The third kappa shape index (κ3) is 4.32. The molecule has 0 heterocycles. The molecule has 0 aliphatic heterocycles. The van der Waals surface area contributed by atoms with Gasteiger partial charge >= 0.3 is 12.1 Å². The van der Waals surface area contributed by atoms with Crippen molar-refractivity contribution in [3.63, 3.8) is 0 Å². The lowest BCUT2D eigenvalue weighted by atomic mass is 10.1. The molecule has 0 aliphatic rings. The third-order valence-electron chi connectivity index (χ3n) is 3.10. The number of rotatable bonds is 4. The number of hydrogen-bond donors (Lipinski definition) is 2. The molecule has 0 aromatic heterocycles. The minimum atomic E-state index is -4.44. The SMILES string of the molecule is O=C(O)c1ccc(C(=O)NCc2cccc(C(F)(F)F)c2)cc1. The second-order valence-electron chi connectivity index (χ2n) is 4.76. The molecule has 1 amide bonds. The summed E-state index contributed by atoms with van der Waals surface area (Å²) in [6.45, 7) is -0.0660. The van der Waals surface area contributed by atoms with Crippen LogP contribution in [0.15, 0.2) is 48.5 Å². The lowest BCUT2D eigenvalue weighted by Gasteiger charge is -2.09. The summed E-state index contributed by atoms with van der Waals surface area (Å²) in [5.74, 6) is -1.61. The number of amides is 1. The zero-order valence-electron chi connectivity index (χ0n) is 11.7. The van der Waals surface area contributed by atoms with E-state index in [2.05, 4.69) is 5.32 Å². The van der Waals surface area contributed by atoms with Crippen LogP contribution in [0.3, 0.4) is 0 Å². The van der Waals surface area contributed by atoms with Gasteiger partial charge in [0.25, 0.3) is 5.91 Å². The molecule has 2 aromatic carbocycles. The molecule has 0 aliphatic carbocycles. The maximum Gasteiger partial charge on any atom is 0.416 e. The number of carbonyl (C=O) groups excluding carboxylic acids is 1. The number of carboxylic acid groups (broad SMARTS) is 1. The van der Waals surface area contributed by atoms with Crippen molar-refractivity contribution in [3.8, 4) is 0 Å². The molecule has 7 heteroatoms. The third-order valence-corrected chi connectivity index (χ3v) is 3.10. The molecule has 0 unspecified atom stereocenters. The number of alkyl halides is 3. The zero-order chi connectivity index (χ0) is 17.0. The average Bonchev–Trinajstić information content (AvgIpc) is 2.52. The van der Waals surface area contributed by atoms with Crippen LogP contribution in [-0.4, -0.2) is 17.0 Å². The largest absolute Gasteiger partial charge is 0.478 e. The first-order valence-electron chi connectivity index (χ1n) is 6.55.